The molecule has 5 aliphatic rings. The highest BCUT2D eigenvalue weighted by molar-refractivity contribution is 5.86. The normalized spacial score (nSPS) is 30.9. The summed E-state index contributed by atoms with van der Waals surface area (Å²) in [4.78, 5) is 26.4. The van der Waals surface area contributed by atoms with Crippen molar-refractivity contribution in [2.45, 2.75) is 77.9 Å². The molecule has 216 valence electrons. The van der Waals surface area contributed by atoms with Crippen LogP contribution in [-0.2, 0) is 6.54 Å². The number of guanidine groups is 1. The van der Waals surface area contributed by atoms with Gasteiger partial charge in [0.2, 0.25) is 0 Å². The molecule has 0 amide bonds. The monoisotopic (exact) mass is 552 g/mol. The molecule has 2 aliphatic heterocycles. The highest BCUT2D eigenvalue weighted by Crippen LogP contribution is 2.61. The summed E-state index contributed by atoms with van der Waals surface area (Å²) < 4.78 is 1.90. The molecule has 8 rings (SSSR count). The Morgan fingerprint density at radius 2 is 1.93 bits per heavy atom. The Labute approximate surface area is 243 Å². The minimum atomic E-state index is 0.0632. The minimum Gasteiger partial charge on any atom is -0.353 e. The number of nitrogens with one attached hydrogen (secondary N) is 2. The zero-order chi connectivity index (χ0) is 28.3. The predicted molar refractivity (Wildman–Crippen MR) is 166 cm³/mol. The molecular weight excluding hydrogens is 508 g/mol. The summed E-state index contributed by atoms with van der Waals surface area (Å²) in [5.41, 5.74) is 3.33. The summed E-state index contributed by atoms with van der Waals surface area (Å²) in [6.07, 6.45) is 4.56. The fraction of sp³-hybridized carbons (Fsp3) is 0.559. The lowest BCUT2D eigenvalue weighted by Gasteiger charge is -2.62. The molecule has 0 radical (unpaired) electrons. The third kappa shape index (κ3) is 4.66. The molecule has 3 aromatic rings. The molecule has 3 heterocycles. The van der Waals surface area contributed by atoms with Crippen LogP contribution in [0.2, 0.25) is 0 Å². The van der Waals surface area contributed by atoms with Crippen molar-refractivity contribution in [2.75, 3.05) is 19.6 Å². The molecule has 3 aliphatic carbocycles. The molecule has 4 fully saturated rings. The van der Waals surface area contributed by atoms with Gasteiger partial charge < -0.3 is 15.5 Å². The first-order valence-corrected chi connectivity index (χ1v) is 15.7. The number of aliphatic imine (C=N–C) groups is 1. The van der Waals surface area contributed by atoms with Crippen molar-refractivity contribution in [1.29, 1.82) is 0 Å². The van der Waals surface area contributed by atoms with Crippen LogP contribution in [0.15, 0.2) is 58.3 Å². The Kier molecular flexibility index (Phi) is 6.68. The third-order valence-corrected chi connectivity index (χ3v) is 10.9. The van der Waals surface area contributed by atoms with Gasteiger partial charge in [-0.1, -0.05) is 51.1 Å². The molecule has 0 spiro atoms. The number of rotatable bonds is 3. The largest absolute Gasteiger partial charge is 0.353 e. The van der Waals surface area contributed by atoms with E-state index in [0.717, 1.165) is 73.8 Å². The fourth-order valence-electron chi connectivity index (χ4n) is 8.31. The van der Waals surface area contributed by atoms with Crippen molar-refractivity contribution in [3.8, 4) is 0 Å². The van der Waals surface area contributed by atoms with E-state index in [0.29, 0.717) is 28.8 Å². The number of hydrogen-bond acceptors (Lipinski definition) is 4. The molecule has 3 saturated carbocycles. The predicted octanol–water partition coefficient (Wildman–Crippen LogP) is 5.26. The van der Waals surface area contributed by atoms with Gasteiger partial charge in [-0.2, -0.15) is 0 Å². The maximum Gasteiger partial charge on any atom is 0.261 e. The van der Waals surface area contributed by atoms with Crippen LogP contribution in [0, 0.1) is 23.2 Å². The standard InChI is InChI=1S/C34H44N6O/c1-21-20-39(16-14-35-21)33(38-29-18-24-17-28(22(29)2)34(24,3)4)36-25-12-13-27-30(19-25)37-31-26(23-9-6-5-7-10-23)11-8-15-40(31)32(27)41/h5-7,9-10,12-13,19,21-22,24,26,28-29,35H,8,11,14-18,20H2,1-4H3,(H,36,38)/t21-,22+,24+,26?,28+,29-/m0/s1. The van der Waals surface area contributed by atoms with E-state index in [2.05, 4.69) is 67.5 Å². The highest BCUT2D eigenvalue weighted by Gasteiger charge is 2.56. The Bertz CT molecular complexity index is 1530. The molecule has 1 unspecified atom stereocenters. The average Bonchev–Trinajstić information content (AvgIpc) is 2.97. The van der Waals surface area contributed by atoms with Crippen LogP contribution >= 0.6 is 0 Å². The average molecular weight is 553 g/mol. The van der Waals surface area contributed by atoms with Crippen LogP contribution in [0.1, 0.15) is 70.7 Å². The van der Waals surface area contributed by atoms with E-state index in [4.69, 9.17) is 9.98 Å². The van der Waals surface area contributed by atoms with E-state index in [1.165, 1.54) is 18.4 Å². The molecule has 2 N–H and O–H groups in total. The molecule has 2 bridgehead atoms. The van der Waals surface area contributed by atoms with Crippen molar-refractivity contribution in [2.24, 2.45) is 28.2 Å². The second-order valence-electron chi connectivity index (χ2n) is 13.7. The Morgan fingerprint density at radius 3 is 2.68 bits per heavy atom. The molecule has 6 atom stereocenters. The van der Waals surface area contributed by atoms with E-state index in [1.807, 2.05) is 28.8 Å². The van der Waals surface area contributed by atoms with E-state index >= 15 is 0 Å². The first kappa shape index (κ1) is 26.7. The van der Waals surface area contributed by atoms with Crippen LogP contribution in [0.25, 0.3) is 10.9 Å². The zero-order valence-corrected chi connectivity index (χ0v) is 24.9. The van der Waals surface area contributed by atoms with Gasteiger partial charge in [-0.05, 0) is 79.5 Å². The molecule has 2 aromatic carbocycles. The van der Waals surface area contributed by atoms with Crippen molar-refractivity contribution in [3.05, 3.63) is 70.3 Å². The van der Waals surface area contributed by atoms with E-state index in [9.17, 15) is 4.79 Å². The lowest BCUT2D eigenvalue weighted by atomic mass is 9.45. The van der Waals surface area contributed by atoms with Gasteiger partial charge in [-0.15, -0.1) is 0 Å². The van der Waals surface area contributed by atoms with Crippen LogP contribution in [0.5, 0.6) is 0 Å². The van der Waals surface area contributed by atoms with E-state index in [-0.39, 0.29) is 11.5 Å². The number of fused-ring (bicyclic) bond motifs is 4. The van der Waals surface area contributed by atoms with Crippen molar-refractivity contribution >= 4 is 22.5 Å². The van der Waals surface area contributed by atoms with Gasteiger partial charge >= 0.3 is 0 Å². The lowest BCUT2D eigenvalue weighted by molar-refractivity contribution is -0.112. The van der Waals surface area contributed by atoms with Crippen molar-refractivity contribution in [1.82, 2.24) is 25.1 Å². The highest BCUT2D eigenvalue weighted by atomic mass is 16.1. The summed E-state index contributed by atoms with van der Waals surface area (Å²) in [6.45, 7) is 13.1. The molecule has 1 aromatic heterocycles. The second-order valence-corrected chi connectivity index (χ2v) is 13.7. The SMILES string of the molecule is C[C@H]1[C@@H](NC(=Nc2ccc3c(=O)n4c(nc3c2)C(c2ccccc2)CCC4)N2CCN[C@@H](C)C2)C[C@H]2C[C@H]1C2(C)C. The topological polar surface area (TPSA) is 74.5 Å². The second kappa shape index (κ2) is 10.3. The van der Waals surface area contributed by atoms with Crippen molar-refractivity contribution in [3.63, 3.8) is 0 Å². The van der Waals surface area contributed by atoms with Gasteiger partial charge in [0.1, 0.15) is 5.82 Å². The number of benzene rings is 2. The quantitative estimate of drug-likeness (QED) is 0.342. The van der Waals surface area contributed by atoms with Gasteiger partial charge in [0, 0.05) is 44.2 Å². The maximum atomic E-state index is 13.6. The number of aromatic nitrogens is 2. The Hall–Kier alpha value is -3.19. The summed E-state index contributed by atoms with van der Waals surface area (Å²) in [7, 11) is 0. The van der Waals surface area contributed by atoms with Gasteiger partial charge in [-0.3, -0.25) is 9.36 Å². The number of nitrogens with zero attached hydrogens (tertiary/aromatic N) is 4. The van der Waals surface area contributed by atoms with Crippen molar-refractivity contribution < 1.29 is 0 Å². The molecule has 7 heteroatoms. The molecule has 41 heavy (non-hydrogen) atoms. The third-order valence-electron chi connectivity index (χ3n) is 10.9. The summed E-state index contributed by atoms with van der Waals surface area (Å²) in [5.74, 6) is 4.14. The van der Waals surface area contributed by atoms with E-state index < -0.39 is 0 Å². The zero-order valence-electron chi connectivity index (χ0n) is 24.9. The van der Waals surface area contributed by atoms with Crippen LogP contribution in [0.4, 0.5) is 5.69 Å². The smallest absolute Gasteiger partial charge is 0.261 e. The van der Waals surface area contributed by atoms with Crippen LogP contribution < -0.4 is 16.2 Å². The van der Waals surface area contributed by atoms with Gasteiger partial charge in [0.25, 0.3) is 5.56 Å². The molecule has 1 saturated heterocycles. The molecule has 7 nitrogen and oxygen atoms in total. The number of hydrogen-bond donors (Lipinski definition) is 2. The Balaban J connectivity index is 1.25. The van der Waals surface area contributed by atoms with E-state index in [1.54, 1.807) is 0 Å². The summed E-state index contributed by atoms with van der Waals surface area (Å²) >= 11 is 0. The van der Waals surface area contributed by atoms with Crippen LogP contribution in [-0.4, -0.2) is 52.1 Å². The van der Waals surface area contributed by atoms with Gasteiger partial charge in [0.05, 0.1) is 16.6 Å². The lowest BCUT2D eigenvalue weighted by Crippen LogP contribution is -2.63. The molecular formula is C34H44N6O. The fourth-order valence-corrected chi connectivity index (χ4v) is 8.31. The Morgan fingerprint density at radius 1 is 1.10 bits per heavy atom. The minimum absolute atomic E-state index is 0.0632. The summed E-state index contributed by atoms with van der Waals surface area (Å²) in [5, 5.41) is 8.19. The summed E-state index contributed by atoms with van der Waals surface area (Å²) in [6, 6.07) is 17.3. The van der Waals surface area contributed by atoms with Gasteiger partial charge in [-0.25, -0.2) is 9.98 Å². The van der Waals surface area contributed by atoms with Gasteiger partial charge in [0.15, 0.2) is 5.96 Å². The first-order valence-electron chi connectivity index (χ1n) is 15.7. The maximum absolute atomic E-state index is 13.6. The number of piperazine rings is 1. The van der Waals surface area contributed by atoms with Crippen LogP contribution in [0.3, 0.4) is 0 Å². The first-order chi connectivity index (χ1) is 19.8.